The maximum absolute atomic E-state index is 13.8. The highest BCUT2D eigenvalue weighted by molar-refractivity contribution is 7.92. The van der Waals surface area contributed by atoms with Crippen LogP contribution in [0.5, 0.6) is 5.75 Å². The summed E-state index contributed by atoms with van der Waals surface area (Å²) >= 11 is 0. The Morgan fingerprint density at radius 1 is 1.06 bits per heavy atom. The van der Waals surface area contributed by atoms with Gasteiger partial charge in [-0.05, 0) is 48.5 Å². The number of nitrogens with one attached hydrogen (secondary N) is 2. The number of sulfonamides is 1. The molecule has 13 heteroatoms. The Hall–Kier alpha value is -4.52. The van der Waals surface area contributed by atoms with E-state index in [0.29, 0.717) is 5.75 Å². The molecule has 0 fully saturated rings. The smallest absolute Gasteiger partial charge is 0.338 e. The minimum Gasteiger partial charge on any atom is -0.497 e. The van der Waals surface area contributed by atoms with Gasteiger partial charge in [0.2, 0.25) is 0 Å². The molecule has 3 aromatic carbocycles. The van der Waals surface area contributed by atoms with E-state index in [1.165, 1.54) is 37.4 Å². The Bertz CT molecular complexity index is 1380. The Balaban J connectivity index is 1.65. The molecule has 0 saturated heterocycles. The predicted molar refractivity (Wildman–Crippen MR) is 122 cm³/mol. The number of nitro groups is 1. The van der Waals surface area contributed by atoms with Crippen LogP contribution in [-0.4, -0.2) is 38.9 Å². The molecule has 0 aliphatic rings. The van der Waals surface area contributed by atoms with E-state index >= 15 is 0 Å². The van der Waals surface area contributed by atoms with Gasteiger partial charge in [-0.15, -0.1) is 0 Å². The van der Waals surface area contributed by atoms with Crippen molar-refractivity contribution in [1.29, 1.82) is 0 Å². The fourth-order valence-electron chi connectivity index (χ4n) is 2.79. The van der Waals surface area contributed by atoms with E-state index < -0.39 is 50.6 Å². The summed E-state index contributed by atoms with van der Waals surface area (Å²) in [5.41, 5.74) is -0.793. The van der Waals surface area contributed by atoms with Crippen molar-refractivity contribution in [1.82, 2.24) is 0 Å². The maximum Gasteiger partial charge on any atom is 0.338 e. The van der Waals surface area contributed by atoms with E-state index in [4.69, 9.17) is 9.47 Å². The van der Waals surface area contributed by atoms with Crippen molar-refractivity contribution in [3.05, 3.63) is 88.2 Å². The average Bonchev–Trinajstić information content (AvgIpc) is 2.84. The van der Waals surface area contributed by atoms with Crippen LogP contribution < -0.4 is 14.8 Å². The number of anilines is 2. The number of halogens is 1. The minimum absolute atomic E-state index is 0.156. The Morgan fingerprint density at radius 3 is 2.43 bits per heavy atom. The molecule has 0 aliphatic heterocycles. The van der Waals surface area contributed by atoms with Crippen LogP contribution in [0.1, 0.15) is 10.4 Å². The lowest BCUT2D eigenvalue weighted by Gasteiger charge is -2.10. The number of carbonyl (C=O) groups is 2. The molecule has 3 aromatic rings. The van der Waals surface area contributed by atoms with E-state index in [1.807, 2.05) is 0 Å². The third-order valence-electron chi connectivity index (χ3n) is 4.49. The lowest BCUT2D eigenvalue weighted by molar-refractivity contribution is -0.384. The molecule has 0 spiro atoms. The fourth-order valence-corrected chi connectivity index (χ4v) is 3.89. The van der Waals surface area contributed by atoms with Gasteiger partial charge in [0, 0.05) is 17.8 Å². The van der Waals surface area contributed by atoms with Crippen molar-refractivity contribution >= 4 is 39.0 Å². The zero-order valence-corrected chi connectivity index (χ0v) is 18.9. The van der Waals surface area contributed by atoms with Crippen molar-refractivity contribution < 1.29 is 36.8 Å². The van der Waals surface area contributed by atoms with Crippen molar-refractivity contribution in [2.45, 2.75) is 4.90 Å². The summed E-state index contributed by atoms with van der Waals surface area (Å²) in [7, 11) is -2.58. The second-order valence-electron chi connectivity index (χ2n) is 6.91. The average molecular weight is 503 g/mol. The molecule has 0 atom stereocenters. The molecule has 0 aromatic heterocycles. The van der Waals surface area contributed by atoms with Crippen LogP contribution in [-0.2, 0) is 19.6 Å². The van der Waals surface area contributed by atoms with E-state index in [2.05, 4.69) is 10.0 Å². The van der Waals surface area contributed by atoms with Gasteiger partial charge in [0.25, 0.3) is 21.6 Å². The van der Waals surface area contributed by atoms with Crippen LogP contribution >= 0.6 is 0 Å². The standard InChI is InChI=1S/C22H18FN3O8S/c1-33-17-8-5-15(6-9-17)25-35(31,32)18-4-2-3-14(11-18)22(28)34-13-21(27)24-20-12-16(26(29)30)7-10-19(20)23/h2-12,25H,13H2,1H3,(H,24,27). The maximum atomic E-state index is 13.8. The van der Waals surface area contributed by atoms with Crippen LogP contribution in [0.15, 0.2) is 71.6 Å². The zero-order chi connectivity index (χ0) is 25.6. The van der Waals surface area contributed by atoms with Gasteiger partial charge >= 0.3 is 5.97 Å². The summed E-state index contributed by atoms with van der Waals surface area (Å²) < 4.78 is 51.4. The lowest BCUT2D eigenvalue weighted by atomic mass is 10.2. The first kappa shape index (κ1) is 25.1. The summed E-state index contributed by atoms with van der Waals surface area (Å²) in [4.78, 5) is 34.1. The van der Waals surface area contributed by atoms with Crippen LogP contribution in [0.2, 0.25) is 0 Å². The van der Waals surface area contributed by atoms with Gasteiger partial charge in [-0.3, -0.25) is 19.6 Å². The van der Waals surface area contributed by atoms with E-state index in [9.17, 15) is 32.5 Å². The van der Waals surface area contributed by atoms with Crippen LogP contribution in [0, 0.1) is 15.9 Å². The number of hydrogen-bond donors (Lipinski definition) is 2. The summed E-state index contributed by atoms with van der Waals surface area (Å²) in [5.74, 6) is -2.35. The Kier molecular flexibility index (Phi) is 7.61. The third-order valence-corrected chi connectivity index (χ3v) is 5.87. The highest BCUT2D eigenvalue weighted by Gasteiger charge is 2.19. The number of benzene rings is 3. The first-order valence-electron chi connectivity index (χ1n) is 9.77. The number of methoxy groups -OCH3 is 1. The molecule has 0 saturated carbocycles. The van der Waals surface area contributed by atoms with Crippen LogP contribution in [0.25, 0.3) is 0 Å². The lowest BCUT2D eigenvalue weighted by Crippen LogP contribution is -2.21. The topological polar surface area (TPSA) is 154 Å². The highest BCUT2D eigenvalue weighted by Crippen LogP contribution is 2.22. The number of nitrogens with zero attached hydrogens (tertiary/aromatic N) is 1. The van der Waals surface area contributed by atoms with E-state index in [1.54, 1.807) is 12.1 Å². The van der Waals surface area contributed by atoms with Crippen molar-refractivity contribution in [3.8, 4) is 5.75 Å². The highest BCUT2D eigenvalue weighted by atomic mass is 32.2. The summed E-state index contributed by atoms with van der Waals surface area (Å²) in [6, 6.07) is 13.6. The third kappa shape index (κ3) is 6.51. The second kappa shape index (κ2) is 10.6. The van der Waals surface area contributed by atoms with Gasteiger partial charge in [0.1, 0.15) is 11.6 Å². The van der Waals surface area contributed by atoms with Gasteiger partial charge in [0.15, 0.2) is 6.61 Å². The summed E-state index contributed by atoms with van der Waals surface area (Å²) in [6.07, 6.45) is 0. The molecule has 182 valence electrons. The number of amides is 1. The number of carbonyl (C=O) groups excluding carboxylic acids is 2. The van der Waals surface area contributed by atoms with Gasteiger partial charge in [-0.1, -0.05) is 6.07 Å². The monoisotopic (exact) mass is 503 g/mol. The molecule has 0 heterocycles. The molecule has 1 amide bonds. The zero-order valence-electron chi connectivity index (χ0n) is 18.1. The van der Waals surface area contributed by atoms with Crippen molar-refractivity contribution in [3.63, 3.8) is 0 Å². The molecule has 2 N–H and O–H groups in total. The first-order valence-corrected chi connectivity index (χ1v) is 11.3. The fraction of sp³-hybridized carbons (Fsp3) is 0.0909. The number of nitro benzene ring substituents is 1. The van der Waals surface area contributed by atoms with Crippen molar-refractivity contribution in [2.75, 3.05) is 23.8 Å². The number of rotatable bonds is 9. The molecule has 3 rings (SSSR count). The van der Waals surface area contributed by atoms with E-state index in [0.717, 1.165) is 24.3 Å². The second-order valence-corrected chi connectivity index (χ2v) is 8.59. The van der Waals surface area contributed by atoms with Crippen LogP contribution in [0.4, 0.5) is 21.5 Å². The quantitative estimate of drug-likeness (QED) is 0.256. The first-order chi connectivity index (χ1) is 16.6. The largest absolute Gasteiger partial charge is 0.497 e. The van der Waals surface area contributed by atoms with Gasteiger partial charge < -0.3 is 14.8 Å². The molecule has 0 aliphatic carbocycles. The number of hydrogen-bond acceptors (Lipinski definition) is 8. The Morgan fingerprint density at radius 2 is 1.77 bits per heavy atom. The van der Waals surface area contributed by atoms with Gasteiger partial charge in [-0.25, -0.2) is 17.6 Å². The summed E-state index contributed by atoms with van der Waals surface area (Å²) in [6.45, 7) is -0.845. The molecule has 0 unspecified atom stereocenters. The number of esters is 1. The minimum atomic E-state index is -4.05. The molecule has 0 radical (unpaired) electrons. The Labute approximate surface area is 198 Å². The van der Waals surface area contributed by atoms with Crippen molar-refractivity contribution in [2.24, 2.45) is 0 Å². The van der Waals surface area contributed by atoms with Gasteiger partial charge in [0.05, 0.1) is 28.2 Å². The number of non-ortho nitro benzene ring substituents is 1. The van der Waals surface area contributed by atoms with Gasteiger partial charge in [-0.2, -0.15) is 0 Å². The molecule has 11 nitrogen and oxygen atoms in total. The normalized spacial score (nSPS) is 10.8. The van der Waals surface area contributed by atoms with E-state index in [-0.39, 0.29) is 16.1 Å². The molecule has 35 heavy (non-hydrogen) atoms. The molecule has 0 bridgehead atoms. The SMILES string of the molecule is COc1ccc(NS(=O)(=O)c2cccc(C(=O)OCC(=O)Nc3cc([N+](=O)[O-])ccc3F)c2)cc1. The predicted octanol–water partition coefficient (Wildman–Crippen LogP) is 3.34. The van der Waals surface area contributed by atoms with Crippen LogP contribution in [0.3, 0.4) is 0 Å². The summed E-state index contributed by atoms with van der Waals surface area (Å²) in [5, 5.41) is 12.9. The molecular formula is C22H18FN3O8S. The number of ether oxygens (including phenoxy) is 2. The molecular weight excluding hydrogens is 485 g/mol.